The largest absolute Gasteiger partial charge is 0.399 e. The molecule has 30 heavy (non-hydrogen) atoms. The maximum Gasteiger partial charge on any atom is 0.243 e. The number of nitriles is 3. The van der Waals surface area contributed by atoms with Gasteiger partial charge in [-0.2, -0.15) is 15.8 Å². The minimum Gasteiger partial charge on any atom is -0.399 e. The third kappa shape index (κ3) is 2.13. The Labute approximate surface area is 176 Å². The van der Waals surface area contributed by atoms with Crippen LogP contribution in [-0.2, 0) is 10.2 Å². The summed E-state index contributed by atoms with van der Waals surface area (Å²) in [6, 6.07) is 13.9. The lowest BCUT2D eigenvalue weighted by Gasteiger charge is -2.48. The van der Waals surface area contributed by atoms with E-state index < -0.39 is 16.7 Å². The Balaban J connectivity index is 2.16. The second-order valence-electron chi connectivity index (χ2n) is 8.44. The quantitative estimate of drug-likeness (QED) is 0.767. The lowest BCUT2D eigenvalue weighted by atomic mass is 9.50. The van der Waals surface area contributed by atoms with Gasteiger partial charge in [-0.25, -0.2) is 0 Å². The van der Waals surface area contributed by atoms with E-state index in [9.17, 15) is 20.6 Å². The van der Waals surface area contributed by atoms with E-state index in [1.165, 1.54) is 0 Å². The van der Waals surface area contributed by atoms with Gasteiger partial charge in [-0.15, -0.1) is 0 Å². The van der Waals surface area contributed by atoms with E-state index in [2.05, 4.69) is 25.1 Å². The number of amides is 1. The number of para-hydroxylation sites is 1. The van der Waals surface area contributed by atoms with Crippen LogP contribution in [0.15, 0.2) is 47.2 Å². The molecule has 1 amide bonds. The highest BCUT2D eigenvalue weighted by molar-refractivity contribution is 6.12. The standard InChI is InChI=1S/C24H23N5O/c1-3-10-29-20-7-5-4-6-17(20)24(22(29)30)18-11-15(2)8-9-16(18)23(13-26,14-27)21(28)19(24)12-25/h4-7,9,15,18H,3,8,10-11,28H2,1-2H3/t15-,18+,24-/m1/s1. The van der Waals surface area contributed by atoms with Crippen molar-refractivity contribution in [2.75, 3.05) is 11.4 Å². The molecule has 4 rings (SSSR count). The smallest absolute Gasteiger partial charge is 0.243 e. The minimum atomic E-state index is -1.71. The molecule has 1 aromatic rings. The van der Waals surface area contributed by atoms with Gasteiger partial charge >= 0.3 is 0 Å². The highest BCUT2D eigenvalue weighted by Crippen LogP contribution is 2.62. The summed E-state index contributed by atoms with van der Waals surface area (Å²) in [5.41, 5.74) is 5.47. The summed E-state index contributed by atoms with van der Waals surface area (Å²) in [7, 11) is 0. The van der Waals surface area contributed by atoms with Gasteiger partial charge < -0.3 is 10.6 Å². The van der Waals surface area contributed by atoms with Gasteiger partial charge in [-0.1, -0.05) is 38.1 Å². The fourth-order valence-electron chi connectivity index (χ4n) is 5.58. The van der Waals surface area contributed by atoms with Crippen molar-refractivity contribution in [1.29, 1.82) is 15.8 Å². The lowest BCUT2D eigenvalue weighted by Crippen LogP contribution is -2.55. The average Bonchev–Trinajstić information content (AvgIpc) is 3.00. The number of nitrogens with zero attached hydrogens (tertiary/aromatic N) is 4. The number of fused-ring (bicyclic) bond motifs is 4. The number of carbonyl (C=O) groups is 1. The van der Waals surface area contributed by atoms with Gasteiger partial charge in [-0.05, 0) is 42.4 Å². The number of benzene rings is 1. The number of carbonyl (C=O) groups excluding carboxylic acids is 1. The summed E-state index contributed by atoms with van der Waals surface area (Å²) in [6.07, 6.45) is 3.99. The summed E-state index contributed by atoms with van der Waals surface area (Å²) < 4.78 is 0. The van der Waals surface area contributed by atoms with Crippen LogP contribution in [0.5, 0.6) is 0 Å². The van der Waals surface area contributed by atoms with Crippen LogP contribution in [0.2, 0.25) is 0 Å². The zero-order valence-corrected chi connectivity index (χ0v) is 17.1. The van der Waals surface area contributed by atoms with Crippen molar-refractivity contribution in [2.24, 2.45) is 23.0 Å². The van der Waals surface area contributed by atoms with E-state index in [1.807, 2.05) is 37.3 Å². The molecule has 1 aliphatic heterocycles. The predicted molar refractivity (Wildman–Crippen MR) is 111 cm³/mol. The van der Waals surface area contributed by atoms with E-state index >= 15 is 0 Å². The van der Waals surface area contributed by atoms with E-state index in [0.29, 0.717) is 25.0 Å². The molecule has 6 heteroatoms. The van der Waals surface area contributed by atoms with Crippen LogP contribution in [0.4, 0.5) is 5.69 Å². The van der Waals surface area contributed by atoms with Crippen molar-refractivity contribution in [3.05, 3.63) is 52.7 Å². The molecule has 1 spiro atoms. The Hall–Kier alpha value is -3.56. The normalized spacial score (nSPS) is 28.8. The van der Waals surface area contributed by atoms with Crippen LogP contribution in [0.1, 0.15) is 38.7 Å². The molecule has 2 aliphatic carbocycles. The number of anilines is 1. The fourth-order valence-corrected chi connectivity index (χ4v) is 5.58. The maximum atomic E-state index is 14.1. The number of hydrogen-bond acceptors (Lipinski definition) is 5. The number of rotatable bonds is 2. The van der Waals surface area contributed by atoms with Gasteiger partial charge in [-0.3, -0.25) is 4.79 Å². The van der Waals surface area contributed by atoms with E-state index in [1.54, 1.807) is 4.90 Å². The average molecular weight is 397 g/mol. The molecule has 2 N–H and O–H groups in total. The molecule has 0 fully saturated rings. The van der Waals surface area contributed by atoms with Crippen molar-refractivity contribution >= 4 is 11.6 Å². The van der Waals surface area contributed by atoms with Crippen LogP contribution >= 0.6 is 0 Å². The van der Waals surface area contributed by atoms with Crippen molar-refractivity contribution in [1.82, 2.24) is 0 Å². The molecule has 0 aromatic heterocycles. The Kier molecular flexibility index (Phi) is 4.44. The Morgan fingerprint density at radius 3 is 2.57 bits per heavy atom. The summed E-state index contributed by atoms with van der Waals surface area (Å²) in [5.74, 6) is -0.386. The first-order valence-corrected chi connectivity index (χ1v) is 10.3. The molecule has 3 aliphatic rings. The maximum absolute atomic E-state index is 14.1. The van der Waals surface area contributed by atoms with E-state index in [0.717, 1.165) is 17.7 Å². The first kappa shape index (κ1) is 19.7. The lowest BCUT2D eigenvalue weighted by molar-refractivity contribution is -0.123. The molecule has 3 atom stereocenters. The molecule has 6 nitrogen and oxygen atoms in total. The molecule has 1 heterocycles. The monoisotopic (exact) mass is 397 g/mol. The first-order chi connectivity index (χ1) is 14.4. The van der Waals surface area contributed by atoms with Gasteiger partial charge in [0.1, 0.15) is 5.41 Å². The molecule has 0 saturated heterocycles. The van der Waals surface area contributed by atoms with Gasteiger partial charge in [0.25, 0.3) is 0 Å². The van der Waals surface area contributed by atoms with E-state index in [4.69, 9.17) is 5.73 Å². The highest BCUT2D eigenvalue weighted by atomic mass is 16.2. The molecule has 150 valence electrons. The Morgan fingerprint density at radius 2 is 1.93 bits per heavy atom. The Bertz CT molecular complexity index is 1110. The van der Waals surface area contributed by atoms with Gasteiger partial charge in [0, 0.05) is 18.2 Å². The van der Waals surface area contributed by atoms with Crippen LogP contribution in [0.3, 0.4) is 0 Å². The molecule has 0 bridgehead atoms. The van der Waals surface area contributed by atoms with Crippen molar-refractivity contribution in [2.45, 2.75) is 38.5 Å². The Morgan fingerprint density at radius 1 is 1.23 bits per heavy atom. The molecular weight excluding hydrogens is 374 g/mol. The fraction of sp³-hybridized carbons (Fsp3) is 0.417. The SMILES string of the molecule is CCCN1C(=O)[C@]2(C(C#N)=C(N)C(C#N)(C#N)C3=CC[C@@H](C)C[C@@H]32)c2ccccc21. The summed E-state index contributed by atoms with van der Waals surface area (Å²) in [5, 5.41) is 30.3. The van der Waals surface area contributed by atoms with Crippen molar-refractivity contribution in [3.8, 4) is 18.2 Å². The second kappa shape index (κ2) is 6.75. The van der Waals surface area contributed by atoms with Crippen LogP contribution in [0.25, 0.3) is 0 Å². The van der Waals surface area contributed by atoms with Crippen molar-refractivity contribution < 1.29 is 4.79 Å². The van der Waals surface area contributed by atoms with Gasteiger partial charge in [0.15, 0.2) is 0 Å². The molecular formula is C24H23N5O. The topological polar surface area (TPSA) is 118 Å². The summed E-state index contributed by atoms with van der Waals surface area (Å²) >= 11 is 0. The van der Waals surface area contributed by atoms with Gasteiger partial charge in [0.2, 0.25) is 11.3 Å². The zero-order chi connectivity index (χ0) is 21.7. The summed E-state index contributed by atoms with van der Waals surface area (Å²) in [4.78, 5) is 15.8. The number of hydrogen-bond donors (Lipinski definition) is 1. The van der Waals surface area contributed by atoms with Gasteiger partial charge in [0.05, 0.1) is 29.5 Å². The molecule has 0 saturated carbocycles. The molecule has 0 unspecified atom stereocenters. The van der Waals surface area contributed by atoms with Crippen LogP contribution in [0, 0.1) is 51.2 Å². The predicted octanol–water partition coefficient (Wildman–Crippen LogP) is 3.44. The molecule has 0 radical (unpaired) electrons. The van der Waals surface area contributed by atoms with Crippen LogP contribution < -0.4 is 10.6 Å². The zero-order valence-electron chi connectivity index (χ0n) is 17.1. The minimum absolute atomic E-state index is 0.0536. The molecule has 1 aromatic carbocycles. The third-order valence-electron chi connectivity index (χ3n) is 6.87. The second-order valence-corrected chi connectivity index (χ2v) is 8.44. The summed E-state index contributed by atoms with van der Waals surface area (Å²) in [6.45, 7) is 4.62. The number of allylic oxidation sites excluding steroid dienone is 2. The van der Waals surface area contributed by atoms with Crippen LogP contribution in [-0.4, -0.2) is 12.5 Å². The highest BCUT2D eigenvalue weighted by Gasteiger charge is 2.66. The number of nitrogens with two attached hydrogens (primary N) is 1. The first-order valence-electron chi connectivity index (χ1n) is 10.3. The van der Waals surface area contributed by atoms with Crippen molar-refractivity contribution in [3.63, 3.8) is 0 Å². The van der Waals surface area contributed by atoms with E-state index in [-0.39, 0.29) is 23.1 Å². The third-order valence-corrected chi connectivity index (χ3v) is 6.87.